The van der Waals surface area contributed by atoms with Crippen LogP contribution in [0, 0.1) is 0 Å². The van der Waals surface area contributed by atoms with Crippen LogP contribution in [0.2, 0.25) is 0 Å². The lowest BCUT2D eigenvalue weighted by molar-refractivity contribution is -0.141. The normalized spacial score (nSPS) is 12.8. The van der Waals surface area contributed by atoms with Crippen LogP contribution in [-0.2, 0) is 6.18 Å². The van der Waals surface area contributed by atoms with Crippen molar-refractivity contribution >= 4 is 47.2 Å². The fraction of sp³-hybridized carbons (Fsp3) is 0.471. The molecule has 0 saturated carbocycles. The second-order valence-electron chi connectivity index (χ2n) is 5.79. The van der Waals surface area contributed by atoms with E-state index >= 15 is 0 Å². The molecule has 0 saturated heterocycles. The van der Waals surface area contributed by atoms with Gasteiger partial charge in [0.2, 0.25) is 5.95 Å². The van der Waals surface area contributed by atoms with Gasteiger partial charge in [0.25, 0.3) is 0 Å². The molecule has 0 aliphatic rings. The topological polar surface area (TPSA) is 74.2 Å². The van der Waals surface area contributed by atoms with Crippen molar-refractivity contribution in [1.82, 2.24) is 20.6 Å². The Bertz CT molecular complexity index is 724. The number of thiophene rings is 1. The molecule has 0 aliphatic heterocycles. The van der Waals surface area contributed by atoms with Gasteiger partial charge >= 0.3 is 6.18 Å². The van der Waals surface area contributed by atoms with Gasteiger partial charge in [0, 0.05) is 38.3 Å². The number of aromatic nitrogens is 2. The summed E-state index contributed by atoms with van der Waals surface area (Å²) < 4.78 is 37.9. The van der Waals surface area contributed by atoms with E-state index in [1.54, 1.807) is 11.3 Å². The van der Waals surface area contributed by atoms with Crippen LogP contribution in [0.5, 0.6) is 0 Å². The van der Waals surface area contributed by atoms with Gasteiger partial charge in [-0.3, -0.25) is 4.99 Å². The minimum atomic E-state index is -4.48. The van der Waals surface area contributed by atoms with Gasteiger partial charge in [-0.15, -0.1) is 24.0 Å². The number of aliphatic imine (C=N–C) groups is 1. The summed E-state index contributed by atoms with van der Waals surface area (Å²) in [4.78, 5) is 11.8. The summed E-state index contributed by atoms with van der Waals surface area (Å²) in [6, 6.07) is 2.93. The fourth-order valence-corrected chi connectivity index (χ4v) is 2.97. The van der Waals surface area contributed by atoms with E-state index < -0.39 is 11.9 Å². The Balaban J connectivity index is 0.00000392. The van der Waals surface area contributed by atoms with Crippen molar-refractivity contribution in [1.29, 1.82) is 0 Å². The molecule has 0 fully saturated rings. The van der Waals surface area contributed by atoms with Gasteiger partial charge in [0.05, 0.1) is 0 Å². The lowest BCUT2D eigenvalue weighted by Crippen LogP contribution is -2.39. The predicted octanol–water partition coefficient (Wildman–Crippen LogP) is 3.95. The summed E-state index contributed by atoms with van der Waals surface area (Å²) in [7, 11) is 0. The highest BCUT2D eigenvalue weighted by atomic mass is 127. The molecule has 0 aromatic carbocycles. The third kappa shape index (κ3) is 8.17. The third-order valence-electron chi connectivity index (χ3n) is 3.63. The van der Waals surface area contributed by atoms with E-state index in [0.717, 1.165) is 12.3 Å². The molecule has 1 atom stereocenters. The Labute approximate surface area is 183 Å². The predicted molar refractivity (Wildman–Crippen MR) is 118 cm³/mol. The monoisotopic (exact) mass is 528 g/mol. The number of halogens is 4. The molecule has 0 bridgehead atoms. The zero-order valence-corrected chi connectivity index (χ0v) is 18.7. The minimum absolute atomic E-state index is 0. The van der Waals surface area contributed by atoms with Crippen molar-refractivity contribution in [3.05, 3.63) is 40.3 Å². The number of hydrogen-bond donors (Lipinski definition) is 3. The molecule has 11 heteroatoms. The first kappa shape index (κ1) is 24.4. The van der Waals surface area contributed by atoms with Gasteiger partial charge in [-0.1, -0.05) is 6.92 Å². The average Bonchev–Trinajstić information content (AvgIpc) is 3.17. The number of hydrogen-bond acceptors (Lipinski definition) is 5. The molecule has 3 N–H and O–H groups in total. The SMILES string of the molecule is CCNC(=NCC(C)c1ccsc1)NCCNc1nccc(C(F)(F)F)n1.I. The molecule has 0 spiro atoms. The summed E-state index contributed by atoms with van der Waals surface area (Å²) in [6.45, 7) is 6.24. The summed E-state index contributed by atoms with van der Waals surface area (Å²) in [5.41, 5.74) is 0.285. The van der Waals surface area contributed by atoms with Crippen molar-refractivity contribution in [2.24, 2.45) is 4.99 Å². The van der Waals surface area contributed by atoms with Gasteiger partial charge in [-0.25, -0.2) is 9.97 Å². The average molecular weight is 528 g/mol. The third-order valence-corrected chi connectivity index (χ3v) is 4.33. The maximum absolute atomic E-state index is 12.6. The van der Waals surface area contributed by atoms with Gasteiger partial charge in [0.1, 0.15) is 5.69 Å². The molecule has 156 valence electrons. The molecule has 2 aromatic rings. The van der Waals surface area contributed by atoms with Crippen molar-refractivity contribution in [2.75, 3.05) is 31.5 Å². The minimum Gasteiger partial charge on any atom is -0.357 e. The van der Waals surface area contributed by atoms with E-state index in [4.69, 9.17) is 0 Å². The summed E-state index contributed by atoms with van der Waals surface area (Å²) in [5.74, 6) is 0.911. The Morgan fingerprint density at radius 3 is 2.68 bits per heavy atom. The molecule has 0 amide bonds. The Morgan fingerprint density at radius 2 is 2.04 bits per heavy atom. The molecular formula is C17H24F3IN6S. The molecule has 2 heterocycles. The highest BCUT2D eigenvalue weighted by Gasteiger charge is 2.32. The molecule has 2 aromatic heterocycles. The van der Waals surface area contributed by atoms with Gasteiger partial charge < -0.3 is 16.0 Å². The zero-order valence-electron chi connectivity index (χ0n) is 15.6. The number of anilines is 1. The van der Waals surface area contributed by atoms with Crippen LogP contribution in [0.4, 0.5) is 19.1 Å². The smallest absolute Gasteiger partial charge is 0.357 e. The molecule has 0 aliphatic carbocycles. The number of alkyl halides is 3. The van der Waals surface area contributed by atoms with E-state index in [1.807, 2.05) is 12.3 Å². The van der Waals surface area contributed by atoms with Crippen LogP contribution in [0.1, 0.15) is 31.0 Å². The highest BCUT2D eigenvalue weighted by molar-refractivity contribution is 14.0. The lowest BCUT2D eigenvalue weighted by atomic mass is 10.1. The van der Waals surface area contributed by atoms with Gasteiger partial charge in [0.15, 0.2) is 5.96 Å². The number of nitrogens with zero attached hydrogens (tertiary/aromatic N) is 3. The van der Waals surface area contributed by atoms with Crippen molar-refractivity contribution < 1.29 is 13.2 Å². The van der Waals surface area contributed by atoms with Crippen LogP contribution < -0.4 is 16.0 Å². The molecule has 0 radical (unpaired) electrons. The van der Waals surface area contributed by atoms with Crippen molar-refractivity contribution in [3.8, 4) is 0 Å². The van der Waals surface area contributed by atoms with Crippen molar-refractivity contribution in [3.63, 3.8) is 0 Å². The van der Waals surface area contributed by atoms with Gasteiger partial charge in [-0.05, 0) is 35.4 Å². The summed E-state index contributed by atoms with van der Waals surface area (Å²) in [5, 5.41) is 13.2. The first-order valence-electron chi connectivity index (χ1n) is 8.58. The number of rotatable bonds is 8. The quantitative estimate of drug-likeness (QED) is 0.210. The first-order valence-corrected chi connectivity index (χ1v) is 9.52. The largest absolute Gasteiger partial charge is 0.433 e. The molecule has 1 unspecified atom stereocenters. The van der Waals surface area contributed by atoms with Gasteiger partial charge in [-0.2, -0.15) is 24.5 Å². The Morgan fingerprint density at radius 1 is 1.25 bits per heavy atom. The van der Waals surface area contributed by atoms with E-state index in [1.165, 1.54) is 5.56 Å². The fourth-order valence-electron chi connectivity index (χ4n) is 2.19. The van der Waals surface area contributed by atoms with Crippen LogP contribution in [0.3, 0.4) is 0 Å². The first-order chi connectivity index (χ1) is 12.9. The van der Waals surface area contributed by atoms with E-state index in [0.29, 0.717) is 38.1 Å². The standard InChI is InChI=1S/C17H23F3N6S.HI/c1-3-21-15(25-10-12(2)13-5-9-27-11-13)23-7-8-24-16-22-6-4-14(26-16)17(18,19)20;/h4-6,9,11-12H,3,7-8,10H2,1-2H3,(H2,21,23,25)(H,22,24,26);1H. The van der Waals surface area contributed by atoms with Crippen LogP contribution >= 0.6 is 35.3 Å². The Kier molecular flexibility index (Phi) is 10.5. The van der Waals surface area contributed by atoms with E-state index in [2.05, 4.69) is 49.3 Å². The molecule has 28 heavy (non-hydrogen) atoms. The maximum Gasteiger partial charge on any atom is 0.433 e. The van der Waals surface area contributed by atoms with E-state index in [9.17, 15) is 13.2 Å². The number of guanidine groups is 1. The molecule has 2 rings (SSSR count). The Hall–Kier alpha value is -1.63. The molecular weight excluding hydrogens is 504 g/mol. The second kappa shape index (κ2) is 12.0. The lowest BCUT2D eigenvalue weighted by Gasteiger charge is -2.13. The van der Waals surface area contributed by atoms with Crippen LogP contribution in [0.25, 0.3) is 0 Å². The summed E-state index contributed by atoms with van der Waals surface area (Å²) >= 11 is 1.66. The van der Waals surface area contributed by atoms with E-state index in [-0.39, 0.29) is 29.9 Å². The summed E-state index contributed by atoms with van der Waals surface area (Å²) in [6.07, 6.45) is -3.40. The highest BCUT2D eigenvalue weighted by Crippen LogP contribution is 2.27. The van der Waals surface area contributed by atoms with Crippen molar-refractivity contribution in [2.45, 2.75) is 25.9 Å². The molecule has 6 nitrogen and oxygen atoms in total. The second-order valence-corrected chi connectivity index (χ2v) is 6.57. The number of nitrogens with one attached hydrogen (secondary N) is 3. The maximum atomic E-state index is 12.6. The van der Waals surface area contributed by atoms with Crippen LogP contribution in [-0.4, -0.2) is 42.1 Å². The zero-order chi connectivity index (χ0) is 19.7. The van der Waals surface area contributed by atoms with Crippen LogP contribution in [0.15, 0.2) is 34.1 Å².